The van der Waals surface area contributed by atoms with E-state index in [9.17, 15) is 13.2 Å². The Balaban J connectivity index is 2.64. The summed E-state index contributed by atoms with van der Waals surface area (Å²) in [7, 11) is 0. The maximum atomic E-state index is 13.6. The Morgan fingerprint density at radius 2 is 1.45 bits per heavy atom. The van der Waals surface area contributed by atoms with E-state index in [0.29, 0.717) is 18.9 Å². The van der Waals surface area contributed by atoms with E-state index in [1.54, 1.807) is 0 Å². The first-order valence-corrected chi connectivity index (χ1v) is 6.89. The summed E-state index contributed by atoms with van der Waals surface area (Å²) in [5.74, 6) is -2.81. The Morgan fingerprint density at radius 3 is 2.00 bits per heavy atom. The average Bonchev–Trinajstić information content (AvgIpc) is 2.29. The molecule has 0 aliphatic heterocycles. The zero-order valence-corrected chi connectivity index (χ0v) is 12.9. The van der Waals surface area contributed by atoms with E-state index in [0.717, 1.165) is 12.6 Å². The van der Waals surface area contributed by atoms with Gasteiger partial charge >= 0.3 is 0 Å². The van der Waals surface area contributed by atoms with Crippen molar-refractivity contribution >= 4 is 0 Å². The highest BCUT2D eigenvalue weighted by molar-refractivity contribution is 5.20. The predicted molar refractivity (Wildman–Crippen MR) is 76.2 cm³/mol. The fourth-order valence-corrected chi connectivity index (χ4v) is 1.82. The molecule has 0 aliphatic rings. The predicted octanol–water partition coefficient (Wildman–Crippen LogP) is 4.45. The van der Waals surface area contributed by atoms with Crippen molar-refractivity contribution in [3.63, 3.8) is 0 Å². The summed E-state index contributed by atoms with van der Waals surface area (Å²) < 4.78 is 39.5. The molecule has 4 heteroatoms. The van der Waals surface area contributed by atoms with Gasteiger partial charge in [0, 0.05) is 18.2 Å². The molecule has 1 aromatic rings. The molecule has 1 aromatic carbocycles. The summed E-state index contributed by atoms with van der Waals surface area (Å²) >= 11 is 0. The van der Waals surface area contributed by atoms with Crippen molar-refractivity contribution in [2.24, 2.45) is 5.41 Å². The van der Waals surface area contributed by atoms with Crippen molar-refractivity contribution in [1.29, 1.82) is 0 Å². The molecule has 0 spiro atoms. The lowest BCUT2D eigenvalue weighted by molar-refractivity contribution is 0.272. The maximum Gasteiger partial charge on any atom is 0.161 e. The van der Waals surface area contributed by atoms with Gasteiger partial charge in [0.1, 0.15) is 5.82 Å². The second-order valence-electron chi connectivity index (χ2n) is 7.13. The van der Waals surface area contributed by atoms with E-state index in [1.165, 1.54) is 0 Å². The Kier molecular flexibility index (Phi) is 5.25. The molecule has 0 fully saturated rings. The van der Waals surface area contributed by atoms with Gasteiger partial charge in [-0.25, -0.2) is 13.2 Å². The third kappa shape index (κ3) is 5.53. The number of hydrogen-bond acceptors (Lipinski definition) is 1. The van der Waals surface area contributed by atoms with Crippen LogP contribution >= 0.6 is 0 Å². The largest absolute Gasteiger partial charge is 0.312 e. The summed E-state index contributed by atoms with van der Waals surface area (Å²) in [6.07, 6.45) is 1.08. The molecule has 0 aromatic heterocycles. The highest BCUT2D eigenvalue weighted by atomic mass is 19.2. The summed E-state index contributed by atoms with van der Waals surface area (Å²) in [5, 5.41) is 3.41. The molecule has 0 unspecified atom stereocenters. The molecule has 0 atom stereocenters. The number of aryl methyl sites for hydroxylation is 1. The van der Waals surface area contributed by atoms with E-state index in [4.69, 9.17) is 0 Å². The van der Waals surface area contributed by atoms with Crippen LogP contribution in [-0.4, -0.2) is 12.1 Å². The minimum absolute atomic E-state index is 0.0184. The van der Waals surface area contributed by atoms with Crippen LogP contribution in [0.15, 0.2) is 12.1 Å². The van der Waals surface area contributed by atoms with Crippen LogP contribution in [-0.2, 0) is 6.42 Å². The van der Waals surface area contributed by atoms with Gasteiger partial charge in [-0.1, -0.05) is 13.8 Å². The molecule has 0 amide bonds. The zero-order chi connectivity index (χ0) is 15.6. The fraction of sp³-hybridized carbons (Fsp3) is 0.625. The third-order valence-electron chi connectivity index (χ3n) is 3.26. The van der Waals surface area contributed by atoms with Gasteiger partial charge in [0.25, 0.3) is 0 Å². The first-order valence-electron chi connectivity index (χ1n) is 6.89. The minimum Gasteiger partial charge on any atom is -0.312 e. The SMILES string of the molecule is CC(C)(CCc1cc(F)c(F)cc1F)CNC(C)(C)C. The standard InChI is InChI=1S/C16H24F3N/c1-15(2,3)20-10-16(4,5)7-6-11-8-13(18)14(19)9-12(11)17/h8-9,20H,6-7,10H2,1-5H3. The Labute approximate surface area is 119 Å². The Bertz CT molecular complexity index is 462. The van der Waals surface area contributed by atoms with Crippen LogP contribution in [0.2, 0.25) is 0 Å². The lowest BCUT2D eigenvalue weighted by Crippen LogP contribution is -2.42. The summed E-state index contributed by atoms with van der Waals surface area (Å²) in [6.45, 7) is 11.2. The molecule has 114 valence electrons. The Morgan fingerprint density at radius 1 is 0.900 bits per heavy atom. The van der Waals surface area contributed by atoms with Gasteiger partial charge in [-0.3, -0.25) is 0 Å². The van der Waals surface area contributed by atoms with Crippen LogP contribution in [0, 0.1) is 22.9 Å². The monoisotopic (exact) mass is 287 g/mol. The van der Waals surface area contributed by atoms with Gasteiger partial charge < -0.3 is 5.32 Å². The van der Waals surface area contributed by atoms with Crippen molar-refractivity contribution in [3.05, 3.63) is 35.1 Å². The summed E-state index contributed by atoms with van der Waals surface area (Å²) in [6, 6.07) is 1.57. The van der Waals surface area contributed by atoms with E-state index in [2.05, 4.69) is 39.9 Å². The molecule has 1 nitrogen and oxygen atoms in total. The normalized spacial score (nSPS) is 12.8. The molecule has 0 saturated heterocycles. The zero-order valence-electron chi connectivity index (χ0n) is 12.9. The fourth-order valence-electron chi connectivity index (χ4n) is 1.82. The summed E-state index contributed by atoms with van der Waals surface area (Å²) in [5.41, 5.74) is 0.197. The van der Waals surface area contributed by atoms with Crippen LogP contribution in [0.1, 0.15) is 46.6 Å². The van der Waals surface area contributed by atoms with Crippen molar-refractivity contribution in [2.75, 3.05) is 6.54 Å². The van der Waals surface area contributed by atoms with E-state index >= 15 is 0 Å². The Hall–Kier alpha value is -1.03. The van der Waals surface area contributed by atoms with Gasteiger partial charge in [-0.05, 0) is 50.7 Å². The van der Waals surface area contributed by atoms with E-state index in [-0.39, 0.29) is 16.5 Å². The lowest BCUT2D eigenvalue weighted by Gasteiger charge is -2.30. The first-order chi connectivity index (χ1) is 9.00. The number of hydrogen-bond donors (Lipinski definition) is 1. The second kappa shape index (κ2) is 6.17. The number of rotatable bonds is 5. The van der Waals surface area contributed by atoms with Crippen molar-refractivity contribution < 1.29 is 13.2 Å². The van der Waals surface area contributed by atoms with Gasteiger partial charge in [0.15, 0.2) is 11.6 Å². The topological polar surface area (TPSA) is 12.0 Å². The second-order valence-corrected chi connectivity index (χ2v) is 7.13. The number of nitrogens with one attached hydrogen (secondary N) is 1. The highest BCUT2D eigenvalue weighted by Crippen LogP contribution is 2.24. The van der Waals surface area contributed by atoms with Crippen molar-refractivity contribution in [1.82, 2.24) is 5.32 Å². The van der Waals surface area contributed by atoms with E-state index in [1.807, 2.05) is 0 Å². The quantitative estimate of drug-likeness (QED) is 0.789. The molecule has 1 rings (SSSR count). The average molecular weight is 287 g/mol. The van der Waals surface area contributed by atoms with Gasteiger partial charge in [-0.2, -0.15) is 0 Å². The number of benzene rings is 1. The van der Waals surface area contributed by atoms with Gasteiger partial charge in [0.2, 0.25) is 0 Å². The van der Waals surface area contributed by atoms with Crippen LogP contribution in [0.25, 0.3) is 0 Å². The molecule has 0 bridgehead atoms. The van der Waals surface area contributed by atoms with Crippen molar-refractivity contribution in [2.45, 2.75) is 53.0 Å². The van der Waals surface area contributed by atoms with Crippen LogP contribution < -0.4 is 5.32 Å². The minimum atomic E-state index is -1.14. The molecule has 20 heavy (non-hydrogen) atoms. The molecule has 0 aliphatic carbocycles. The smallest absolute Gasteiger partial charge is 0.161 e. The van der Waals surface area contributed by atoms with Crippen molar-refractivity contribution in [3.8, 4) is 0 Å². The summed E-state index contributed by atoms with van der Waals surface area (Å²) in [4.78, 5) is 0. The highest BCUT2D eigenvalue weighted by Gasteiger charge is 2.21. The van der Waals surface area contributed by atoms with Gasteiger partial charge in [-0.15, -0.1) is 0 Å². The molecule has 0 saturated carbocycles. The van der Waals surface area contributed by atoms with Crippen LogP contribution in [0.4, 0.5) is 13.2 Å². The van der Waals surface area contributed by atoms with E-state index < -0.39 is 17.5 Å². The molecule has 1 N–H and O–H groups in total. The third-order valence-corrected chi connectivity index (χ3v) is 3.26. The molecular weight excluding hydrogens is 263 g/mol. The van der Waals surface area contributed by atoms with Crippen LogP contribution in [0.5, 0.6) is 0 Å². The number of halogens is 3. The molecule has 0 radical (unpaired) electrons. The van der Waals surface area contributed by atoms with Crippen LogP contribution in [0.3, 0.4) is 0 Å². The first kappa shape index (κ1) is 17.0. The van der Waals surface area contributed by atoms with Gasteiger partial charge in [0.05, 0.1) is 0 Å². The maximum absolute atomic E-state index is 13.6. The lowest BCUT2D eigenvalue weighted by atomic mass is 9.85. The molecule has 0 heterocycles. The molecular formula is C16H24F3N.